The van der Waals surface area contributed by atoms with Crippen molar-refractivity contribution in [2.75, 3.05) is 33.4 Å². The lowest BCUT2D eigenvalue weighted by atomic mass is 10.00. The fourth-order valence-corrected chi connectivity index (χ4v) is 5.08. The molecule has 1 heterocycles. The van der Waals surface area contributed by atoms with E-state index in [2.05, 4.69) is 4.90 Å². The maximum absolute atomic E-state index is 13.3. The number of alkyl halides is 6. The lowest BCUT2D eigenvalue weighted by Crippen LogP contribution is -2.45. The fourth-order valence-electron chi connectivity index (χ4n) is 5.08. The van der Waals surface area contributed by atoms with Crippen molar-refractivity contribution in [3.8, 4) is 5.75 Å². The van der Waals surface area contributed by atoms with Crippen LogP contribution in [0.25, 0.3) is 0 Å². The highest BCUT2D eigenvalue weighted by Crippen LogP contribution is 2.36. The molecule has 1 aliphatic heterocycles. The number of methoxy groups -OCH3 is 1. The summed E-state index contributed by atoms with van der Waals surface area (Å²) in [6, 6.07) is 19.9. The average Bonchev–Trinajstić information content (AvgIpc) is 2.95. The van der Waals surface area contributed by atoms with Crippen LogP contribution in [0.3, 0.4) is 0 Å². The maximum atomic E-state index is 13.3. The van der Waals surface area contributed by atoms with Crippen LogP contribution in [0.2, 0.25) is 0 Å². The summed E-state index contributed by atoms with van der Waals surface area (Å²) in [5, 5.41) is 0. The Labute approximate surface area is 236 Å². The van der Waals surface area contributed by atoms with Gasteiger partial charge < -0.3 is 9.47 Å². The molecule has 0 atom stereocenters. The van der Waals surface area contributed by atoms with E-state index in [4.69, 9.17) is 9.47 Å². The molecule has 0 bridgehead atoms. The summed E-state index contributed by atoms with van der Waals surface area (Å²) >= 11 is 0. The van der Waals surface area contributed by atoms with Gasteiger partial charge in [-0.2, -0.15) is 26.3 Å². The third-order valence-corrected chi connectivity index (χ3v) is 7.27. The number of hydrogen-bond acceptors (Lipinski definition) is 4. The van der Waals surface area contributed by atoms with E-state index >= 15 is 0 Å². The van der Waals surface area contributed by atoms with Crippen molar-refractivity contribution in [2.45, 2.75) is 50.9 Å². The van der Waals surface area contributed by atoms with Gasteiger partial charge in [0, 0.05) is 32.8 Å². The molecule has 0 amide bonds. The first-order valence-corrected chi connectivity index (χ1v) is 13.5. The third-order valence-electron chi connectivity index (χ3n) is 7.27. The molecule has 1 fully saturated rings. The zero-order chi connectivity index (χ0) is 29.5. The lowest BCUT2D eigenvalue weighted by Gasteiger charge is -2.38. The van der Waals surface area contributed by atoms with E-state index < -0.39 is 23.5 Å². The molecular formula is C31H34F6N2O2. The summed E-state index contributed by atoms with van der Waals surface area (Å²) in [7, 11) is 1.64. The smallest absolute Gasteiger partial charge is 0.416 e. The van der Waals surface area contributed by atoms with E-state index in [-0.39, 0.29) is 24.2 Å². The first-order chi connectivity index (χ1) is 19.5. The molecule has 0 aliphatic carbocycles. The van der Waals surface area contributed by atoms with Crippen LogP contribution in [-0.2, 0) is 36.8 Å². The Bertz CT molecular complexity index is 1190. The minimum Gasteiger partial charge on any atom is -0.489 e. The molecule has 1 saturated heterocycles. The minimum atomic E-state index is -4.85. The predicted octanol–water partition coefficient (Wildman–Crippen LogP) is 7.42. The normalized spacial score (nSPS) is 15.4. The molecule has 3 aromatic rings. The molecule has 222 valence electrons. The standard InChI is InChI=1S/C31H34F6N2O2/c1-40-16-15-39(21-23-7-9-29(10-8-23)41-22-24-5-3-2-4-6-24)28-11-13-38(14-12-28)20-25-17-26(30(32,33)34)19-27(18-25)31(35,36)37/h2-10,17-19,28H,11-16,20-22H2,1H3. The number of piperidine rings is 1. The topological polar surface area (TPSA) is 24.9 Å². The minimum absolute atomic E-state index is 0.0106. The predicted molar refractivity (Wildman–Crippen MR) is 144 cm³/mol. The first kappa shape index (κ1) is 30.9. The van der Waals surface area contributed by atoms with Crippen LogP contribution in [0.1, 0.15) is 40.7 Å². The number of rotatable bonds is 11. The van der Waals surface area contributed by atoms with Gasteiger partial charge in [0.15, 0.2) is 0 Å². The van der Waals surface area contributed by atoms with Gasteiger partial charge in [-0.15, -0.1) is 0 Å². The summed E-state index contributed by atoms with van der Waals surface area (Å²) < 4.78 is 90.8. The van der Waals surface area contributed by atoms with E-state index in [1.165, 1.54) is 0 Å². The zero-order valence-electron chi connectivity index (χ0n) is 22.8. The van der Waals surface area contributed by atoms with E-state index in [1.807, 2.05) is 59.5 Å². The highest BCUT2D eigenvalue weighted by atomic mass is 19.4. The van der Waals surface area contributed by atoms with Crippen molar-refractivity contribution in [3.05, 3.63) is 101 Å². The van der Waals surface area contributed by atoms with E-state index in [0.717, 1.165) is 41.9 Å². The second kappa shape index (κ2) is 13.7. The van der Waals surface area contributed by atoms with E-state index in [9.17, 15) is 26.3 Å². The molecule has 0 unspecified atom stereocenters. The largest absolute Gasteiger partial charge is 0.489 e. The molecule has 3 aromatic carbocycles. The number of benzene rings is 3. The Balaban J connectivity index is 1.35. The molecule has 41 heavy (non-hydrogen) atoms. The molecular weight excluding hydrogens is 546 g/mol. The molecule has 4 rings (SSSR count). The van der Waals surface area contributed by atoms with Gasteiger partial charge in [-0.05, 0) is 73.0 Å². The summed E-state index contributed by atoms with van der Waals surface area (Å²) in [5.41, 5.74) is -0.350. The number of halogens is 6. The van der Waals surface area contributed by atoms with Gasteiger partial charge in [0.05, 0.1) is 17.7 Å². The lowest BCUT2D eigenvalue weighted by molar-refractivity contribution is -0.143. The fraction of sp³-hybridized carbons (Fsp3) is 0.419. The second-order valence-corrected chi connectivity index (χ2v) is 10.3. The van der Waals surface area contributed by atoms with Gasteiger partial charge in [-0.3, -0.25) is 9.80 Å². The number of ether oxygens (including phenoxy) is 2. The second-order valence-electron chi connectivity index (χ2n) is 10.3. The number of nitrogens with zero attached hydrogens (tertiary/aromatic N) is 2. The van der Waals surface area contributed by atoms with Gasteiger partial charge in [0.25, 0.3) is 0 Å². The summed E-state index contributed by atoms with van der Waals surface area (Å²) in [5.74, 6) is 0.776. The molecule has 0 N–H and O–H groups in total. The van der Waals surface area contributed by atoms with Crippen LogP contribution in [0.15, 0.2) is 72.8 Å². The van der Waals surface area contributed by atoms with Gasteiger partial charge in [-0.1, -0.05) is 42.5 Å². The van der Waals surface area contributed by atoms with Gasteiger partial charge in [0.1, 0.15) is 12.4 Å². The van der Waals surface area contributed by atoms with Gasteiger partial charge in [0.2, 0.25) is 0 Å². The molecule has 0 saturated carbocycles. The van der Waals surface area contributed by atoms with Crippen molar-refractivity contribution >= 4 is 0 Å². The van der Waals surface area contributed by atoms with Gasteiger partial charge in [-0.25, -0.2) is 0 Å². The van der Waals surface area contributed by atoms with Crippen LogP contribution >= 0.6 is 0 Å². The number of likely N-dealkylation sites (tertiary alicyclic amines) is 1. The zero-order valence-corrected chi connectivity index (χ0v) is 22.8. The van der Waals surface area contributed by atoms with Crippen molar-refractivity contribution in [1.82, 2.24) is 9.80 Å². The SMILES string of the molecule is COCCN(Cc1ccc(OCc2ccccc2)cc1)C1CCN(Cc2cc(C(F)(F)F)cc(C(F)(F)F)c2)CC1. The first-order valence-electron chi connectivity index (χ1n) is 13.5. The van der Waals surface area contributed by atoms with Crippen LogP contribution in [-0.4, -0.2) is 49.2 Å². The summed E-state index contributed by atoms with van der Waals surface area (Å²) in [6.45, 7) is 3.59. The molecule has 1 aliphatic rings. The van der Waals surface area contributed by atoms with Crippen molar-refractivity contribution in [2.24, 2.45) is 0 Å². The van der Waals surface area contributed by atoms with E-state index in [1.54, 1.807) is 7.11 Å². The van der Waals surface area contributed by atoms with E-state index in [0.29, 0.717) is 39.4 Å². The van der Waals surface area contributed by atoms with Crippen LogP contribution < -0.4 is 4.74 Å². The van der Waals surface area contributed by atoms with Crippen LogP contribution in [0.5, 0.6) is 5.75 Å². The Morgan fingerprint density at radius 1 is 0.780 bits per heavy atom. The summed E-state index contributed by atoms with van der Waals surface area (Å²) in [4.78, 5) is 4.24. The Morgan fingerprint density at radius 2 is 1.39 bits per heavy atom. The van der Waals surface area contributed by atoms with Crippen molar-refractivity contribution < 1.29 is 35.8 Å². The Morgan fingerprint density at radius 3 is 1.95 bits per heavy atom. The van der Waals surface area contributed by atoms with Crippen molar-refractivity contribution in [3.63, 3.8) is 0 Å². The molecule has 0 spiro atoms. The molecule has 10 heteroatoms. The summed E-state index contributed by atoms with van der Waals surface area (Å²) in [6.07, 6.45) is -8.21. The highest BCUT2D eigenvalue weighted by molar-refractivity contribution is 5.34. The van der Waals surface area contributed by atoms with Crippen LogP contribution in [0, 0.1) is 0 Å². The average molecular weight is 581 g/mol. The Hall–Kier alpha value is -3.08. The number of hydrogen-bond donors (Lipinski definition) is 0. The van der Waals surface area contributed by atoms with Crippen molar-refractivity contribution in [1.29, 1.82) is 0 Å². The highest BCUT2D eigenvalue weighted by Gasteiger charge is 2.37. The third kappa shape index (κ3) is 9.21. The van der Waals surface area contributed by atoms with Crippen LogP contribution in [0.4, 0.5) is 26.3 Å². The Kier molecular flexibility index (Phi) is 10.3. The molecule has 0 aromatic heterocycles. The monoisotopic (exact) mass is 580 g/mol. The molecule has 0 radical (unpaired) electrons. The quantitative estimate of drug-likeness (QED) is 0.221. The maximum Gasteiger partial charge on any atom is 0.416 e. The van der Waals surface area contributed by atoms with Gasteiger partial charge >= 0.3 is 12.4 Å². The molecule has 4 nitrogen and oxygen atoms in total.